The highest BCUT2D eigenvalue weighted by molar-refractivity contribution is 5.71. The second-order valence-corrected chi connectivity index (χ2v) is 12.3. The summed E-state index contributed by atoms with van der Waals surface area (Å²) in [6.45, 7) is 3.16. The van der Waals surface area contributed by atoms with Crippen molar-refractivity contribution in [3.05, 3.63) is 142 Å². The molecule has 1 unspecified atom stereocenters. The monoisotopic (exact) mass is 588 g/mol. The smallest absolute Gasteiger partial charge is 0.312 e. The van der Waals surface area contributed by atoms with Gasteiger partial charge in [0.1, 0.15) is 12.2 Å². The molecule has 224 valence electrons. The number of carbonyl (C=O) groups excluding carboxylic acids is 2. The molecule has 4 aromatic rings. The maximum absolute atomic E-state index is 13.8. The molecule has 0 spiro atoms. The molecule has 6 nitrogen and oxygen atoms in total. The SMILES string of the molecule is CC(=O)O[C@@H]1c2ccc(cc2)CCc2ccc(cc2)[C@@H]1OC(=O)CC1(C)O[C@@H]2c3ccc(cc3)CCc3ccc(cc3)[C@@H]2O1. The minimum atomic E-state index is -1.24. The summed E-state index contributed by atoms with van der Waals surface area (Å²) >= 11 is 0. The lowest BCUT2D eigenvalue weighted by molar-refractivity contribution is -0.194. The third-order valence-corrected chi connectivity index (χ3v) is 8.96. The molecular formula is C38H36O6. The lowest BCUT2D eigenvalue weighted by Crippen LogP contribution is -2.32. The second-order valence-electron chi connectivity index (χ2n) is 12.3. The number of carbonyl (C=O) groups is 2. The van der Waals surface area contributed by atoms with Crippen molar-refractivity contribution in [3.8, 4) is 0 Å². The standard InChI is InChI=1S/C38H36O6/c1-24(39)41-34-29-15-7-25(8-16-29)3-4-26-9-17-30(18-10-26)35(34)42-33(40)23-38(2)43-36-31-19-11-27(12-20-31)5-6-28-13-21-32(22-14-28)37(36)44-38/h7-22,34-37H,3-6,23H2,1-2H3/t34-,35+,36-,37+,38?/m1/s1. The summed E-state index contributed by atoms with van der Waals surface area (Å²) in [5, 5.41) is 0. The number of rotatable bonds is 4. The van der Waals surface area contributed by atoms with Crippen molar-refractivity contribution in [3.63, 3.8) is 0 Å². The van der Waals surface area contributed by atoms with Crippen molar-refractivity contribution in [2.45, 2.75) is 76.2 Å². The molecule has 1 saturated heterocycles. The Labute approximate surface area is 257 Å². The first-order valence-corrected chi connectivity index (χ1v) is 15.4. The molecule has 0 amide bonds. The van der Waals surface area contributed by atoms with Gasteiger partial charge in [-0.05, 0) is 77.1 Å². The van der Waals surface area contributed by atoms with Crippen LogP contribution in [0, 0.1) is 0 Å². The van der Waals surface area contributed by atoms with Gasteiger partial charge in [-0.15, -0.1) is 0 Å². The van der Waals surface area contributed by atoms with E-state index in [-0.39, 0.29) is 6.42 Å². The minimum Gasteiger partial charge on any atom is -0.453 e. The van der Waals surface area contributed by atoms with E-state index in [4.69, 9.17) is 18.9 Å². The van der Waals surface area contributed by atoms with Crippen LogP contribution in [0.15, 0.2) is 97.1 Å². The molecule has 6 heteroatoms. The zero-order valence-corrected chi connectivity index (χ0v) is 25.0. The maximum Gasteiger partial charge on any atom is 0.312 e. The van der Waals surface area contributed by atoms with Gasteiger partial charge in [0.15, 0.2) is 18.0 Å². The Bertz CT molecular complexity index is 1580. The number of hydrogen-bond donors (Lipinski definition) is 0. The van der Waals surface area contributed by atoms with Crippen LogP contribution < -0.4 is 0 Å². The fraction of sp³-hybridized carbons (Fsp3) is 0.316. The van der Waals surface area contributed by atoms with E-state index in [0.717, 1.165) is 47.9 Å². The summed E-state index contributed by atoms with van der Waals surface area (Å²) in [5.41, 5.74) is 8.41. The third kappa shape index (κ3) is 5.92. The van der Waals surface area contributed by atoms with Crippen LogP contribution in [0.3, 0.4) is 0 Å². The van der Waals surface area contributed by atoms with Crippen molar-refractivity contribution in [2.75, 3.05) is 0 Å². The van der Waals surface area contributed by atoms with Gasteiger partial charge in [0.05, 0.1) is 6.42 Å². The average Bonchev–Trinajstić information content (AvgIpc) is 3.37. The van der Waals surface area contributed by atoms with Gasteiger partial charge in [0.25, 0.3) is 0 Å². The molecule has 1 heterocycles. The Hall–Kier alpha value is -4.26. The van der Waals surface area contributed by atoms with Crippen LogP contribution in [0.5, 0.6) is 0 Å². The van der Waals surface area contributed by atoms with E-state index in [9.17, 15) is 9.59 Å². The van der Waals surface area contributed by atoms with E-state index in [1.165, 1.54) is 29.2 Å². The molecule has 0 N–H and O–H groups in total. The first kappa shape index (κ1) is 28.5. The Morgan fingerprint density at radius 1 is 0.591 bits per heavy atom. The molecule has 1 fully saturated rings. The van der Waals surface area contributed by atoms with Gasteiger partial charge in [-0.2, -0.15) is 0 Å². The molecule has 9 aliphatic rings. The summed E-state index contributed by atoms with van der Waals surface area (Å²) in [6.07, 6.45) is 1.14. The number of aryl methyl sites for hydroxylation is 4. The largest absolute Gasteiger partial charge is 0.453 e. The van der Waals surface area contributed by atoms with E-state index >= 15 is 0 Å². The number of ether oxygens (including phenoxy) is 4. The first-order valence-electron chi connectivity index (χ1n) is 15.4. The van der Waals surface area contributed by atoms with Gasteiger partial charge < -0.3 is 18.9 Å². The van der Waals surface area contributed by atoms with Crippen molar-refractivity contribution in [1.82, 2.24) is 0 Å². The normalized spacial score (nSPS) is 25.3. The molecule has 4 aromatic carbocycles. The van der Waals surface area contributed by atoms with Crippen LogP contribution in [-0.2, 0) is 54.2 Å². The molecule has 44 heavy (non-hydrogen) atoms. The number of hydrogen-bond acceptors (Lipinski definition) is 6. The molecule has 13 rings (SSSR count). The van der Waals surface area contributed by atoms with Crippen LogP contribution in [0.2, 0.25) is 0 Å². The Kier molecular flexibility index (Phi) is 7.57. The van der Waals surface area contributed by atoms with Crippen molar-refractivity contribution in [1.29, 1.82) is 0 Å². The Balaban J connectivity index is 1.18. The van der Waals surface area contributed by atoms with E-state index in [1.54, 1.807) is 6.92 Å². The van der Waals surface area contributed by atoms with Gasteiger partial charge in [0.2, 0.25) is 0 Å². The fourth-order valence-electron chi connectivity index (χ4n) is 6.56. The van der Waals surface area contributed by atoms with Crippen molar-refractivity contribution >= 4 is 11.9 Å². The Morgan fingerprint density at radius 3 is 1.30 bits per heavy atom. The van der Waals surface area contributed by atoms with Crippen LogP contribution in [0.4, 0.5) is 0 Å². The molecule has 0 aromatic heterocycles. The highest BCUT2D eigenvalue weighted by atomic mass is 16.8. The van der Waals surface area contributed by atoms with Gasteiger partial charge in [-0.1, -0.05) is 97.1 Å². The average molecular weight is 589 g/mol. The number of benzene rings is 4. The van der Waals surface area contributed by atoms with Crippen LogP contribution >= 0.6 is 0 Å². The summed E-state index contributed by atoms with van der Waals surface area (Å²) in [6, 6.07) is 32.9. The quantitative estimate of drug-likeness (QED) is 0.231. The highest BCUT2D eigenvalue weighted by Crippen LogP contribution is 2.49. The summed E-state index contributed by atoms with van der Waals surface area (Å²) in [7, 11) is 0. The summed E-state index contributed by atoms with van der Waals surface area (Å²) in [4.78, 5) is 26.1. The lowest BCUT2D eigenvalue weighted by atomic mass is 9.93. The first-order chi connectivity index (χ1) is 21.3. The van der Waals surface area contributed by atoms with Crippen molar-refractivity contribution in [2.24, 2.45) is 0 Å². The van der Waals surface area contributed by atoms with Gasteiger partial charge in [-0.25, -0.2) is 0 Å². The molecular weight excluding hydrogens is 552 g/mol. The Morgan fingerprint density at radius 2 is 0.932 bits per heavy atom. The van der Waals surface area contributed by atoms with Gasteiger partial charge >= 0.3 is 11.9 Å². The highest BCUT2D eigenvalue weighted by Gasteiger charge is 2.48. The van der Waals surface area contributed by atoms with Gasteiger partial charge in [0, 0.05) is 6.92 Å². The zero-order valence-electron chi connectivity index (χ0n) is 25.0. The predicted molar refractivity (Wildman–Crippen MR) is 165 cm³/mol. The fourth-order valence-corrected chi connectivity index (χ4v) is 6.56. The molecule has 0 radical (unpaired) electrons. The molecule has 5 atom stereocenters. The van der Waals surface area contributed by atoms with E-state index in [0.29, 0.717) is 0 Å². The molecule has 8 aliphatic carbocycles. The predicted octanol–water partition coefficient (Wildman–Crippen LogP) is 7.41. The van der Waals surface area contributed by atoms with Crippen LogP contribution in [0.25, 0.3) is 0 Å². The zero-order chi connectivity index (χ0) is 30.3. The molecule has 1 aliphatic heterocycles. The molecule has 8 bridgehead atoms. The van der Waals surface area contributed by atoms with Crippen LogP contribution in [0.1, 0.15) is 89.2 Å². The van der Waals surface area contributed by atoms with Crippen molar-refractivity contribution < 1.29 is 28.5 Å². The topological polar surface area (TPSA) is 71.1 Å². The van der Waals surface area contributed by atoms with Gasteiger partial charge in [-0.3, -0.25) is 9.59 Å². The van der Waals surface area contributed by atoms with E-state index < -0.39 is 42.1 Å². The lowest BCUT2D eigenvalue weighted by Gasteiger charge is -2.29. The second kappa shape index (κ2) is 11.7. The van der Waals surface area contributed by atoms with Crippen LogP contribution in [-0.4, -0.2) is 17.7 Å². The maximum atomic E-state index is 13.8. The number of esters is 2. The van der Waals surface area contributed by atoms with E-state index in [1.807, 2.05) is 48.5 Å². The summed E-state index contributed by atoms with van der Waals surface area (Å²) in [5.74, 6) is -2.20. The molecule has 0 saturated carbocycles. The minimum absolute atomic E-state index is 0.142. The van der Waals surface area contributed by atoms with E-state index in [2.05, 4.69) is 48.5 Å². The third-order valence-electron chi connectivity index (χ3n) is 8.96. The summed E-state index contributed by atoms with van der Waals surface area (Å²) < 4.78 is 25.2.